The van der Waals surface area contributed by atoms with Gasteiger partial charge in [-0.3, -0.25) is 9.20 Å². The SMILES string of the molecule is O=C(/C=C/c1c(Cl)nc2ccccn12)N1CCC[C@H]1c1ccc2c(c1)OCCO2. The Morgan fingerprint density at radius 2 is 2.03 bits per heavy atom. The first-order valence-electron chi connectivity index (χ1n) is 9.71. The Bertz CT molecular complexity index is 1110. The van der Waals surface area contributed by atoms with Crippen molar-refractivity contribution in [3.8, 4) is 11.5 Å². The lowest BCUT2D eigenvalue weighted by Crippen LogP contribution is -2.29. The Kier molecular flexibility index (Phi) is 4.64. The van der Waals surface area contributed by atoms with Crippen molar-refractivity contribution in [1.29, 1.82) is 0 Å². The van der Waals surface area contributed by atoms with Gasteiger partial charge in [0.25, 0.3) is 0 Å². The second-order valence-corrected chi connectivity index (χ2v) is 7.50. The van der Waals surface area contributed by atoms with Crippen LogP contribution in [-0.4, -0.2) is 40.0 Å². The zero-order valence-corrected chi connectivity index (χ0v) is 16.5. The highest BCUT2D eigenvalue weighted by molar-refractivity contribution is 6.31. The molecule has 1 amide bonds. The minimum atomic E-state index is -0.0377. The molecule has 0 aliphatic carbocycles. The highest BCUT2D eigenvalue weighted by Gasteiger charge is 2.30. The van der Waals surface area contributed by atoms with Crippen molar-refractivity contribution < 1.29 is 14.3 Å². The normalized spacial score (nSPS) is 18.7. The van der Waals surface area contributed by atoms with Gasteiger partial charge in [0, 0.05) is 18.8 Å². The molecule has 0 N–H and O–H groups in total. The predicted molar refractivity (Wildman–Crippen MR) is 110 cm³/mol. The highest BCUT2D eigenvalue weighted by Crippen LogP contribution is 2.38. The lowest BCUT2D eigenvalue weighted by atomic mass is 10.0. The zero-order valence-electron chi connectivity index (χ0n) is 15.8. The Morgan fingerprint density at radius 1 is 1.17 bits per heavy atom. The summed E-state index contributed by atoms with van der Waals surface area (Å²) in [6.45, 7) is 1.84. The maximum Gasteiger partial charge on any atom is 0.247 e. The average molecular weight is 410 g/mol. The van der Waals surface area contributed by atoms with Crippen molar-refractivity contribution in [2.24, 2.45) is 0 Å². The zero-order chi connectivity index (χ0) is 19.8. The van der Waals surface area contributed by atoms with E-state index in [4.69, 9.17) is 21.1 Å². The minimum Gasteiger partial charge on any atom is -0.486 e. The van der Waals surface area contributed by atoms with Crippen molar-refractivity contribution >= 4 is 29.2 Å². The molecule has 5 rings (SSSR count). The van der Waals surface area contributed by atoms with Crippen LogP contribution >= 0.6 is 11.6 Å². The number of benzene rings is 1. The van der Waals surface area contributed by atoms with E-state index in [-0.39, 0.29) is 11.9 Å². The molecule has 0 bridgehead atoms. The van der Waals surface area contributed by atoms with E-state index in [2.05, 4.69) is 4.98 Å². The molecule has 7 heteroatoms. The molecule has 2 aromatic heterocycles. The summed E-state index contributed by atoms with van der Waals surface area (Å²) in [5.74, 6) is 1.48. The van der Waals surface area contributed by atoms with Gasteiger partial charge in [-0.2, -0.15) is 0 Å². The van der Waals surface area contributed by atoms with E-state index in [0.29, 0.717) is 24.1 Å². The van der Waals surface area contributed by atoms with Crippen LogP contribution in [-0.2, 0) is 4.79 Å². The van der Waals surface area contributed by atoms with Crippen LogP contribution in [0.3, 0.4) is 0 Å². The maximum absolute atomic E-state index is 13.0. The number of rotatable bonds is 3. The molecule has 1 aromatic carbocycles. The lowest BCUT2D eigenvalue weighted by molar-refractivity contribution is -0.126. The lowest BCUT2D eigenvalue weighted by Gasteiger charge is -2.26. The van der Waals surface area contributed by atoms with Gasteiger partial charge < -0.3 is 14.4 Å². The Labute approximate surface area is 173 Å². The molecular weight excluding hydrogens is 390 g/mol. The number of ether oxygens (including phenoxy) is 2. The molecule has 2 aliphatic rings. The average Bonchev–Trinajstić information content (AvgIpc) is 3.36. The number of halogens is 1. The maximum atomic E-state index is 13.0. The van der Waals surface area contributed by atoms with E-state index < -0.39 is 0 Å². The number of nitrogens with zero attached hydrogens (tertiary/aromatic N) is 3. The summed E-state index contributed by atoms with van der Waals surface area (Å²) in [5.41, 5.74) is 2.52. The number of carbonyl (C=O) groups excluding carboxylic acids is 1. The fourth-order valence-corrected chi connectivity index (χ4v) is 4.27. The van der Waals surface area contributed by atoms with E-state index in [9.17, 15) is 4.79 Å². The third-order valence-corrected chi connectivity index (χ3v) is 5.67. The van der Waals surface area contributed by atoms with Crippen LogP contribution in [0.2, 0.25) is 5.15 Å². The number of hydrogen-bond donors (Lipinski definition) is 0. The Morgan fingerprint density at radius 3 is 2.93 bits per heavy atom. The number of aromatic nitrogens is 2. The third kappa shape index (κ3) is 3.34. The second-order valence-electron chi connectivity index (χ2n) is 7.14. The number of carbonyl (C=O) groups is 1. The summed E-state index contributed by atoms with van der Waals surface area (Å²) in [5, 5.41) is 0.380. The summed E-state index contributed by atoms with van der Waals surface area (Å²) in [4.78, 5) is 19.2. The van der Waals surface area contributed by atoms with Gasteiger partial charge in [0.05, 0.1) is 11.7 Å². The fourth-order valence-electron chi connectivity index (χ4n) is 4.03. The van der Waals surface area contributed by atoms with Gasteiger partial charge in [-0.15, -0.1) is 0 Å². The van der Waals surface area contributed by atoms with Crippen molar-refractivity contribution in [3.63, 3.8) is 0 Å². The van der Waals surface area contributed by atoms with E-state index in [1.807, 2.05) is 51.9 Å². The summed E-state index contributed by atoms with van der Waals surface area (Å²) in [6, 6.07) is 11.7. The van der Waals surface area contributed by atoms with Crippen LogP contribution < -0.4 is 9.47 Å². The summed E-state index contributed by atoms with van der Waals surface area (Å²) < 4.78 is 13.2. The number of amides is 1. The number of likely N-dealkylation sites (tertiary alicyclic amines) is 1. The molecular formula is C22H20ClN3O3. The monoisotopic (exact) mass is 409 g/mol. The predicted octanol–water partition coefficient (Wildman–Crippen LogP) is 4.14. The standard InChI is InChI=1S/C22H20ClN3O3/c23-22-17(25-10-2-1-5-20(25)24-22)7-9-21(27)26-11-3-4-16(26)15-6-8-18-19(14-15)29-13-12-28-18/h1-2,5-10,14,16H,3-4,11-13H2/b9-7+/t16-/m0/s1. The fraction of sp³-hybridized carbons (Fsp3) is 0.273. The molecule has 4 heterocycles. The molecule has 0 spiro atoms. The van der Waals surface area contributed by atoms with Gasteiger partial charge >= 0.3 is 0 Å². The molecule has 0 radical (unpaired) electrons. The van der Waals surface area contributed by atoms with Crippen LogP contribution in [0.4, 0.5) is 0 Å². The first-order valence-corrected chi connectivity index (χ1v) is 10.1. The Hall–Kier alpha value is -2.99. The first kappa shape index (κ1) is 18.1. The molecule has 1 saturated heterocycles. The number of fused-ring (bicyclic) bond motifs is 2. The van der Waals surface area contributed by atoms with E-state index in [1.54, 1.807) is 12.2 Å². The van der Waals surface area contributed by atoms with E-state index >= 15 is 0 Å². The van der Waals surface area contributed by atoms with Crippen LogP contribution in [0, 0.1) is 0 Å². The van der Waals surface area contributed by atoms with Gasteiger partial charge in [0.1, 0.15) is 18.9 Å². The topological polar surface area (TPSA) is 56.1 Å². The van der Waals surface area contributed by atoms with Crippen molar-refractivity contribution in [1.82, 2.24) is 14.3 Å². The quantitative estimate of drug-likeness (QED) is 0.610. The smallest absolute Gasteiger partial charge is 0.247 e. The van der Waals surface area contributed by atoms with Gasteiger partial charge in [-0.25, -0.2) is 4.98 Å². The second kappa shape index (κ2) is 7.44. The number of hydrogen-bond acceptors (Lipinski definition) is 4. The minimum absolute atomic E-state index is 0.0284. The van der Waals surface area contributed by atoms with Crippen LogP contribution in [0.5, 0.6) is 11.5 Å². The van der Waals surface area contributed by atoms with Gasteiger partial charge in [-0.05, 0) is 48.7 Å². The van der Waals surface area contributed by atoms with E-state index in [0.717, 1.165) is 42.1 Å². The van der Waals surface area contributed by atoms with Gasteiger partial charge in [0.15, 0.2) is 16.7 Å². The van der Waals surface area contributed by atoms with E-state index in [1.165, 1.54) is 0 Å². The number of imidazole rings is 1. The first-order chi connectivity index (χ1) is 14.2. The van der Waals surface area contributed by atoms with Crippen molar-refractivity contribution in [2.75, 3.05) is 19.8 Å². The Balaban J connectivity index is 1.39. The molecule has 0 unspecified atom stereocenters. The summed E-state index contributed by atoms with van der Waals surface area (Å²) in [6.07, 6.45) is 7.10. The molecule has 2 aliphatic heterocycles. The highest BCUT2D eigenvalue weighted by atomic mass is 35.5. The number of pyridine rings is 1. The molecule has 6 nitrogen and oxygen atoms in total. The largest absolute Gasteiger partial charge is 0.486 e. The summed E-state index contributed by atoms with van der Waals surface area (Å²) in [7, 11) is 0. The van der Waals surface area contributed by atoms with Crippen LogP contribution in [0.15, 0.2) is 48.7 Å². The molecule has 1 fully saturated rings. The molecule has 3 aromatic rings. The van der Waals surface area contributed by atoms with Crippen LogP contribution in [0.1, 0.15) is 30.1 Å². The third-order valence-electron chi connectivity index (χ3n) is 5.39. The van der Waals surface area contributed by atoms with Gasteiger partial charge in [0.2, 0.25) is 5.91 Å². The summed E-state index contributed by atoms with van der Waals surface area (Å²) >= 11 is 6.27. The molecule has 29 heavy (non-hydrogen) atoms. The van der Waals surface area contributed by atoms with Crippen molar-refractivity contribution in [2.45, 2.75) is 18.9 Å². The van der Waals surface area contributed by atoms with Crippen LogP contribution in [0.25, 0.3) is 11.7 Å². The van der Waals surface area contributed by atoms with Gasteiger partial charge in [-0.1, -0.05) is 23.7 Å². The molecule has 148 valence electrons. The van der Waals surface area contributed by atoms with Crippen molar-refractivity contribution in [3.05, 3.63) is 65.1 Å². The molecule has 0 saturated carbocycles. The molecule has 1 atom stereocenters.